The van der Waals surface area contributed by atoms with E-state index < -0.39 is 5.97 Å². The lowest BCUT2D eigenvalue weighted by Crippen LogP contribution is -2.37. The number of hydrogen-bond acceptors (Lipinski definition) is 4. The number of aliphatic carboxylic acids is 1. The summed E-state index contributed by atoms with van der Waals surface area (Å²) in [5.41, 5.74) is 4.29. The van der Waals surface area contributed by atoms with Crippen molar-refractivity contribution in [1.29, 1.82) is 0 Å². The summed E-state index contributed by atoms with van der Waals surface area (Å²) in [6.45, 7) is 5.01. The van der Waals surface area contributed by atoms with E-state index in [1.54, 1.807) is 35.4 Å². The van der Waals surface area contributed by atoms with Gasteiger partial charge in [-0.25, -0.2) is 4.39 Å². The minimum absolute atomic E-state index is 0.00586. The molecule has 4 rings (SSSR count). The topological polar surface area (TPSA) is 79.7 Å². The quantitative estimate of drug-likeness (QED) is 0.495. The molecule has 1 N–H and O–H groups in total. The van der Waals surface area contributed by atoms with Crippen LogP contribution in [0.25, 0.3) is 11.1 Å². The minimum Gasteiger partial charge on any atom is -0.493 e. The summed E-state index contributed by atoms with van der Waals surface area (Å²) in [6, 6.07) is 14.1. The van der Waals surface area contributed by atoms with Crippen molar-refractivity contribution >= 4 is 11.9 Å². The van der Waals surface area contributed by atoms with Gasteiger partial charge in [0.2, 0.25) is 5.91 Å². The number of carboxylic acids is 1. The summed E-state index contributed by atoms with van der Waals surface area (Å²) in [5.74, 6) is -0.664. The van der Waals surface area contributed by atoms with Crippen LogP contribution < -0.4 is 4.74 Å². The van der Waals surface area contributed by atoms with E-state index in [9.17, 15) is 19.1 Å². The zero-order valence-electron chi connectivity index (χ0n) is 20.0. The first kappa shape index (κ1) is 24.4. The van der Waals surface area contributed by atoms with E-state index in [-0.39, 0.29) is 30.6 Å². The maximum Gasteiger partial charge on any atom is 0.307 e. The van der Waals surface area contributed by atoms with Crippen LogP contribution in [-0.2, 0) is 29.0 Å². The van der Waals surface area contributed by atoms with E-state index in [1.807, 2.05) is 32.0 Å². The number of ether oxygens (including phenoxy) is 1. The van der Waals surface area contributed by atoms with E-state index in [0.29, 0.717) is 48.4 Å². The Morgan fingerprint density at radius 1 is 1.14 bits per heavy atom. The third kappa shape index (κ3) is 5.50. The number of benzene rings is 2. The van der Waals surface area contributed by atoms with Crippen LogP contribution in [0.5, 0.6) is 5.75 Å². The Labute approximate surface area is 204 Å². The van der Waals surface area contributed by atoms with Crippen LogP contribution in [0.2, 0.25) is 0 Å². The molecule has 3 aromatic rings. The molecule has 7 heteroatoms. The number of hydrogen-bond donors (Lipinski definition) is 1. The predicted molar refractivity (Wildman–Crippen MR) is 131 cm³/mol. The molecule has 1 atom stereocenters. The summed E-state index contributed by atoms with van der Waals surface area (Å²) >= 11 is 0. The molecular formula is C28H29FN2O4. The van der Waals surface area contributed by atoms with Crippen molar-refractivity contribution in [1.82, 2.24) is 9.88 Å². The first-order valence-electron chi connectivity index (χ1n) is 11.8. The molecule has 1 aliphatic rings. The van der Waals surface area contributed by atoms with E-state index in [0.717, 1.165) is 16.8 Å². The van der Waals surface area contributed by atoms with Crippen molar-refractivity contribution < 1.29 is 23.8 Å². The van der Waals surface area contributed by atoms with Crippen molar-refractivity contribution in [2.45, 2.75) is 45.6 Å². The van der Waals surface area contributed by atoms with Crippen molar-refractivity contribution in [2.24, 2.45) is 0 Å². The molecule has 2 heterocycles. The zero-order chi connectivity index (χ0) is 24.9. The molecule has 1 aliphatic heterocycles. The number of amides is 1. The number of carboxylic acid groups (broad SMARTS) is 1. The molecule has 1 unspecified atom stereocenters. The van der Waals surface area contributed by atoms with Gasteiger partial charge in [0.1, 0.15) is 11.6 Å². The van der Waals surface area contributed by atoms with Gasteiger partial charge < -0.3 is 14.7 Å². The maximum absolute atomic E-state index is 14.8. The molecule has 35 heavy (non-hydrogen) atoms. The van der Waals surface area contributed by atoms with Gasteiger partial charge in [-0.15, -0.1) is 0 Å². The first-order valence-corrected chi connectivity index (χ1v) is 11.8. The minimum atomic E-state index is -0.931. The fourth-order valence-electron chi connectivity index (χ4n) is 4.61. The molecule has 0 fully saturated rings. The standard InChI is InChI=1S/C28H29FN2O4/c1-3-35-26-10-7-19(16-28(33)34)15-22(26)20-8-9-24(29)21-11-13-31(17-23(20)21)27(32)14-18(2)25-6-4-5-12-30-25/h4-10,12,15,18H,3,11,13-14,16-17H2,1-2H3,(H,33,34). The zero-order valence-corrected chi connectivity index (χ0v) is 20.0. The number of aromatic nitrogens is 1. The Morgan fingerprint density at radius 3 is 2.69 bits per heavy atom. The highest BCUT2D eigenvalue weighted by Gasteiger charge is 2.27. The van der Waals surface area contributed by atoms with Crippen LogP contribution in [0.15, 0.2) is 54.7 Å². The predicted octanol–water partition coefficient (Wildman–Crippen LogP) is 4.99. The molecule has 0 bridgehead atoms. The number of carbonyl (C=O) groups is 2. The molecule has 0 radical (unpaired) electrons. The maximum atomic E-state index is 14.8. The van der Waals surface area contributed by atoms with Crippen LogP contribution in [0, 0.1) is 5.82 Å². The lowest BCUT2D eigenvalue weighted by atomic mass is 9.89. The summed E-state index contributed by atoms with van der Waals surface area (Å²) in [5, 5.41) is 9.25. The van der Waals surface area contributed by atoms with Gasteiger partial charge in [-0.1, -0.05) is 25.1 Å². The second-order valence-electron chi connectivity index (χ2n) is 8.81. The highest BCUT2D eigenvalue weighted by atomic mass is 19.1. The van der Waals surface area contributed by atoms with Crippen LogP contribution in [0.3, 0.4) is 0 Å². The molecule has 0 saturated carbocycles. The number of rotatable bonds is 8. The molecule has 0 spiro atoms. The molecule has 6 nitrogen and oxygen atoms in total. The molecule has 1 amide bonds. The van der Waals surface area contributed by atoms with Gasteiger partial charge in [0.05, 0.1) is 13.0 Å². The number of halogens is 1. The van der Waals surface area contributed by atoms with Crippen molar-refractivity contribution in [3.63, 3.8) is 0 Å². The second kappa shape index (κ2) is 10.7. The van der Waals surface area contributed by atoms with Gasteiger partial charge in [-0.2, -0.15) is 0 Å². The van der Waals surface area contributed by atoms with Crippen LogP contribution in [0.4, 0.5) is 4.39 Å². The molecular weight excluding hydrogens is 447 g/mol. The average molecular weight is 477 g/mol. The molecule has 0 aliphatic carbocycles. The largest absolute Gasteiger partial charge is 0.493 e. The van der Waals surface area contributed by atoms with Gasteiger partial charge >= 0.3 is 5.97 Å². The van der Waals surface area contributed by atoms with E-state index in [4.69, 9.17) is 4.74 Å². The van der Waals surface area contributed by atoms with Gasteiger partial charge in [-0.3, -0.25) is 14.6 Å². The van der Waals surface area contributed by atoms with Crippen molar-refractivity contribution in [3.05, 3.63) is 82.9 Å². The van der Waals surface area contributed by atoms with Gasteiger partial charge in [0.15, 0.2) is 0 Å². The summed E-state index contributed by atoms with van der Waals surface area (Å²) in [4.78, 5) is 30.6. The molecule has 0 saturated heterocycles. The lowest BCUT2D eigenvalue weighted by Gasteiger charge is -2.32. The fraction of sp³-hybridized carbons (Fsp3) is 0.321. The summed E-state index contributed by atoms with van der Waals surface area (Å²) < 4.78 is 20.6. The molecule has 182 valence electrons. The third-order valence-electron chi connectivity index (χ3n) is 6.37. The Morgan fingerprint density at radius 2 is 1.97 bits per heavy atom. The number of nitrogens with zero attached hydrogens (tertiary/aromatic N) is 2. The van der Waals surface area contributed by atoms with E-state index in [1.165, 1.54) is 6.07 Å². The summed E-state index contributed by atoms with van der Waals surface area (Å²) in [7, 11) is 0. The molecule has 1 aromatic heterocycles. The lowest BCUT2D eigenvalue weighted by molar-refractivity contribution is -0.136. The van der Waals surface area contributed by atoms with Crippen LogP contribution >= 0.6 is 0 Å². The Balaban J connectivity index is 1.66. The highest BCUT2D eigenvalue weighted by Crippen LogP contribution is 2.38. The van der Waals surface area contributed by atoms with Gasteiger partial charge in [-0.05, 0) is 65.9 Å². The van der Waals surface area contributed by atoms with Crippen LogP contribution in [-0.4, -0.2) is 40.0 Å². The Hall–Kier alpha value is -3.74. The van der Waals surface area contributed by atoms with Crippen molar-refractivity contribution in [3.8, 4) is 16.9 Å². The van der Waals surface area contributed by atoms with E-state index >= 15 is 0 Å². The number of pyridine rings is 1. The smallest absolute Gasteiger partial charge is 0.307 e. The SMILES string of the molecule is CCOc1ccc(CC(=O)O)cc1-c1ccc(F)c2c1CN(C(=O)CC(C)c1ccccn1)CC2. The fourth-order valence-corrected chi connectivity index (χ4v) is 4.61. The van der Waals surface area contributed by atoms with E-state index in [2.05, 4.69) is 4.98 Å². The molecule has 2 aromatic carbocycles. The normalized spacial score (nSPS) is 13.7. The number of fused-ring (bicyclic) bond motifs is 1. The van der Waals surface area contributed by atoms with Gasteiger partial charge in [0, 0.05) is 42.9 Å². The van der Waals surface area contributed by atoms with Crippen molar-refractivity contribution in [2.75, 3.05) is 13.2 Å². The third-order valence-corrected chi connectivity index (χ3v) is 6.37. The summed E-state index contributed by atoms with van der Waals surface area (Å²) in [6.07, 6.45) is 2.32. The van der Waals surface area contributed by atoms with Gasteiger partial charge in [0.25, 0.3) is 0 Å². The Kier molecular flexibility index (Phi) is 7.44. The monoisotopic (exact) mass is 476 g/mol. The highest BCUT2D eigenvalue weighted by molar-refractivity contribution is 5.80. The first-order chi connectivity index (χ1) is 16.9. The second-order valence-corrected chi connectivity index (χ2v) is 8.81. The average Bonchev–Trinajstić information content (AvgIpc) is 2.85. The van der Waals surface area contributed by atoms with Crippen LogP contribution in [0.1, 0.15) is 48.6 Å². The Bertz CT molecular complexity index is 1230. The number of carbonyl (C=O) groups excluding carboxylic acids is 1.